The number of aromatic hydroxyl groups is 1. The summed E-state index contributed by atoms with van der Waals surface area (Å²) in [7, 11) is 0. The predicted molar refractivity (Wildman–Crippen MR) is 167 cm³/mol. The summed E-state index contributed by atoms with van der Waals surface area (Å²) >= 11 is 12.1. The van der Waals surface area contributed by atoms with Crippen LogP contribution in [0.5, 0.6) is 11.5 Å². The highest BCUT2D eigenvalue weighted by molar-refractivity contribution is 6.42. The van der Waals surface area contributed by atoms with E-state index in [2.05, 4.69) is 36.7 Å². The van der Waals surface area contributed by atoms with Gasteiger partial charge >= 0.3 is 0 Å². The molecule has 2 aromatic rings. The van der Waals surface area contributed by atoms with Gasteiger partial charge in [-0.25, -0.2) is 0 Å². The van der Waals surface area contributed by atoms with Crippen molar-refractivity contribution in [2.45, 2.75) is 46.1 Å². The normalized spacial score (nSPS) is 12.9. The number of amides is 2. The highest BCUT2D eigenvalue weighted by Crippen LogP contribution is 2.39. The van der Waals surface area contributed by atoms with Crippen LogP contribution in [0.3, 0.4) is 0 Å². The fraction of sp³-hybridized carbons (Fsp3) is 0.500. The van der Waals surface area contributed by atoms with Crippen molar-refractivity contribution in [1.82, 2.24) is 15.5 Å². The highest BCUT2D eigenvalue weighted by Gasteiger charge is 2.23. The van der Waals surface area contributed by atoms with E-state index in [9.17, 15) is 14.7 Å². The van der Waals surface area contributed by atoms with E-state index in [0.717, 1.165) is 24.1 Å². The Labute approximate surface area is 259 Å². The van der Waals surface area contributed by atoms with E-state index in [0.29, 0.717) is 66.4 Å². The van der Waals surface area contributed by atoms with Crippen molar-refractivity contribution in [3.63, 3.8) is 0 Å². The molecule has 2 aromatic carbocycles. The molecule has 0 bridgehead atoms. The van der Waals surface area contributed by atoms with Crippen LogP contribution < -0.4 is 20.7 Å². The van der Waals surface area contributed by atoms with Crippen molar-refractivity contribution in [1.29, 1.82) is 0 Å². The number of nitrogens with one attached hydrogen (secondary N) is 3. The number of carbonyl (C=O) groups excluding carboxylic acids is 2. The maximum Gasteiger partial charge on any atom is 0.262 e. The van der Waals surface area contributed by atoms with Crippen LogP contribution in [-0.4, -0.2) is 67.2 Å². The maximum atomic E-state index is 13.1. The number of rotatable bonds is 14. The number of carbonyl (C=O) groups is 2. The lowest BCUT2D eigenvalue weighted by molar-refractivity contribution is -0.134. The lowest BCUT2D eigenvalue weighted by Gasteiger charge is -2.32. The monoisotopic (exact) mass is 636 g/mol. The molecule has 1 aliphatic rings. The topological polar surface area (TPSA) is 103 Å². The number of halogens is 4. The quantitative estimate of drug-likeness (QED) is 0.170. The fourth-order valence-corrected chi connectivity index (χ4v) is 4.59. The van der Waals surface area contributed by atoms with Gasteiger partial charge in [-0.15, -0.1) is 24.8 Å². The number of hydrogen-bond donors (Lipinski definition) is 4. The molecule has 0 radical (unpaired) electrons. The molecule has 0 saturated carbocycles. The number of phenolic OH excluding ortho intramolecular Hbond substituents is 1. The van der Waals surface area contributed by atoms with Crippen molar-refractivity contribution in [3.8, 4) is 11.5 Å². The Kier molecular flexibility index (Phi) is 16.0. The number of benzene rings is 2. The number of nitrogens with zero attached hydrogens (tertiary/aromatic N) is 1. The van der Waals surface area contributed by atoms with Gasteiger partial charge in [-0.05, 0) is 68.1 Å². The average Bonchev–Trinajstić information content (AvgIpc) is 2.88. The molecule has 0 fully saturated rings. The van der Waals surface area contributed by atoms with Crippen molar-refractivity contribution in [2.75, 3.05) is 44.6 Å². The van der Waals surface area contributed by atoms with Crippen molar-refractivity contribution in [2.24, 2.45) is 5.92 Å². The van der Waals surface area contributed by atoms with E-state index >= 15 is 0 Å². The second-order valence-electron chi connectivity index (χ2n) is 9.86. The van der Waals surface area contributed by atoms with Crippen LogP contribution in [0.2, 0.25) is 10.0 Å². The Bertz CT molecular complexity index is 1120. The van der Waals surface area contributed by atoms with Crippen LogP contribution in [0.4, 0.5) is 5.69 Å². The number of hydrogen-bond acceptors (Lipinski definition) is 6. The minimum absolute atomic E-state index is 0. The second kappa shape index (κ2) is 17.8. The van der Waals surface area contributed by atoms with Crippen molar-refractivity contribution in [3.05, 3.63) is 51.5 Å². The zero-order valence-electron chi connectivity index (χ0n) is 23.1. The molecule has 8 nitrogen and oxygen atoms in total. The van der Waals surface area contributed by atoms with E-state index in [4.69, 9.17) is 27.9 Å². The molecule has 0 aromatic heterocycles. The molecule has 224 valence electrons. The van der Waals surface area contributed by atoms with E-state index in [1.54, 1.807) is 18.2 Å². The van der Waals surface area contributed by atoms with Gasteiger partial charge in [-0.3, -0.25) is 9.59 Å². The molecule has 40 heavy (non-hydrogen) atoms. The molecule has 3 rings (SSSR count). The molecule has 0 aliphatic carbocycles. The lowest BCUT2D eigenvalue weighted by atomic mass is 10.0. The third kappa shape index (κ3) is 10.5. The first-order valence-electron chi connectivity index (χ1n) is 13.1. The third-order valence-corrected chi connectivity index (χ3v) is 7.54. The van der Waals surface area contributed by atoms with Crippen LogP contribution in [0.25, 0.3) is 0 Å². The molecule has 1 heterocycles. The summed E-state index contributed by atoms with van der Waals surface area (Å²) in [4.78, 5) is 26.6. The van der Waals surface area contributed by atoms with Crippen molar-refractivity contribution < 1.29 is 19.4 Å². The van der Waals surface area contributed by atoms with Crippen LogP contribution >= 0.6 is 48.0 Å². The van der Waals surface area contributed by atoms with Gasteiger partial charge in [0.05, 0.1) is 10.0 Å². The molecule has 4 N–H and O–H groups in total. The Morgan fingerprint density at radius 2 is 1.73 bits per heavy atom. The zero-order chi connectivity index (χ0) is 27.7. The third-order valence-electron chi connectivity index (χ3n) is 6.80. The zero-order valence-corrected chi connectivity index (χ0v) is 26.2. The van der Waals surface area contributed by atoms with Gasteiger partial charge in [-0.1, -0.05) is 49.2 Å². The van der Waals surface area contributed by atoms with Crippen LogP contribution in [-0.2, 0) is 22.4 Å². The van der Waals surface area contributed by atoms with Gasteiger partial charge in [0, 0.05) is 32.1 Å². The number of phenols is 1. The fourth-order valence-electron chi connectivity index (χ4n) is 4.27. The van der Waals surface area contributed by atoms with Crippen LogP contribution in [0.1, 0.15) is 38.3 Å². The minimum Gasteiger partial charge on any atom is -0.506 e. The molecular weight excluding hydrogens is 598 g/mol. The molecular formula is C28H40Cl4N4O4. The second-order valence-corrected chi connectivity index (χ2v) is 10.7. The van der Waals surface area contributed by atoms with E-state index < -0.39 is 0 Å². The first kappa shape index (κ1) is 36.1. The first-order valence-corrected chi connectivity index (χ1v) is 13.8. The Balaban J connectivity index is 0.00000400. The summed E-state index contributed by atoms with van der Waals surface area (Å²) in [5, 5.41) is 20.5. The molecule has 2 amide bonds. The summed E-state index contributed by atoms with van der Waals surface area (Å²) < 4.78 is 5.55. The van der Waals surface area contributed by atoms with Crippen LogP contribution in [0, 0.1) is 5.92 Å². The standard InChI is InChI=1S/C28H38Cl2N4O4.2ClH/c1-18(2)19(3)34(26(37)10-13-31-11-8-20-4-6-22(29)23(30)16-20)15-14-32-12-9-21-5-7-24(35)27-28(21)38-17-25(36)33-27;;/h4-7,16,18-19,31-32,35H,8-15,17H2,1-3H3,(H,33,36);2*1H/t19-;;/m1../s1. The number of ether oxygens (including phenoxy) is 1. The molecule has 1 atom stereocenters. The number of anilines is 1. The van der Waals surface area contributed by atoms with E-state index in [-0.39, 0.29) is 55.0 Å². The van der Waals surface area contributed by atoms with Gasteiger partial charge in [-0.2, -0.15) is 0 Å². The molecule has 0 saturated heterocycles. The van der Waals surface area contributed by atoms with E-state index in [1.807, 2.05) is 17.0 Å². The summed E-state index contributed by atoms with van der Waals surface area (Å²) in [6.45, 7) is 9.58. The minimum atomic E-state index is -0.284. The maximum absolute atomic E-state index is 13.1. The smallest absolute Gasteiger partial charge is 0.262 e. The van der Waals surface area contributed by atoms with Gasteiger partial charge < -0.3 is 30.7 Å². The summed E-state index contributed by atoms with van der Waals surface area (Å²) in [5.74, 6) is 0.701. The average molecular weight is 638 g/mol. The SMILES string of the molecule is CC(C)[C@@H](C)N(CCNCCc1ccc(O)c2c1OCC(=O)N2)C(=O)CCNCCc1ccc(Cl)c(Cl)c1.Cl.Cl. The van der Waals surface area contributed by atoms with Gasteiger partial charge in [0.15, 0.2) is 12.4 Å². The first-order chi connectivity index (χ1) is 18.2. The van der Waals surface area contributed by atoms with Gasteiger partial charge in [0.1, 0.15) is 11.4 Å². The molecule has 1 aliphatic heterocycles. The highest BCUT2D eigenvalue weighted by atomic mass is 35.5. The largest absolute Gasteiger partial charge is 0.506 e. The Hall–Kier alpha value is -1.94. The summed E-state index contributed by atoms with van der Waals surface area (Å²) in [5.41, 5.74) is 2.33. The van der Waals surface area contributed by atoms with Crippen LogP contribution in [0.15, 0.2) is 30.3 Å². The Morgan fingerprint density at radius 3 is 2.42 bits per heavy atom. The molecule has 0 spiro atoms. The summed E-state index contributed by atoms with van der Waals surface area (Å²) in [6, 6.07) is 9.12. The molecule has 12 heteroatoms. The predicted octanol–water partition coefficient (Wildman–Crippen LogP) is 5.10. The number of fused-ring (bicyclic) bond motifs is 1. The summed E-state index contributed by atoms with van der Waals surface area (Å²) in [6.07, 6.45) is 1.90. The molecule has 0 unspecified atom stereocenters. The van der Waals surface area contributed by atoms with Gasteiger partial charge in [0.2, 0.25) is 5.91 Å². The van der Waals surface area contributed by atoms with Gasteiger partial charge in [0.25, 0.3) is 5.91 Å². The van der Waals surface area contributed by atoms with E-state index in [1.165, 1.54) is 0 Å². The Morgan fingerprint density at radius 1 is 1.02 bits per heavy atom. The van der Waals surface area contributed by atoms with Crippen molar-refractivity contribution >= 4 is 65.5 Å². The lowest BCUT2D eigenvalue weighted by Crippen LogP contribution is -2.45.